The second kappa shape index (κ2) is 40.9. The molecule has 0 aromatic heterocycles. The third-order valence-corrected chi connectivity index (χ3v) is 10.3. The fraction of sp³-hybridized carbons (Fsp3) is 0.756. The number of hydrogen-bond donors (Lipinski definition) is 4. The highest BCUT2D eigenvalue weighted by molar-refractivity contribution is 7.47. The van der Waals surface area contributed by atoms with Crippen molar-refractivity contribution < 1.29 is 28.4 Å². The van der Waals surface area contributed by atoms with Crippen molar-refractivity contribution in [3.63, 3.8) is 0 Å². The zero-order chi connectivity index (χ0) is 39.6. The second-order valence-electron chi connectivity index (χ2n) is 14.5. The lowest BCUT2D eigenvalue weighted by atomic mass is 10.1. The molecule has 5 N–H and O–H groups in total. The summed E-state index contributed by atoms with van der Waals surface area (Å²) in [7, 11) is -4.35. The lowest BCUT2D eigenvalue weighted by Gasteiger charge is -2.23. The van der Waals surface area contributed by atoms with E-state index in [0.717, 1.165) is 64.2 Å². The number of aliphatic hydroxyl groups excluding tert-OH is 1. The molecular formula is C45H83N2O6P. The van der Waals surface area contributed by atoms with Gasteiger partial charge in [0.2, 0.25) is 5.91 Å². The number of carbonyl (C=O) groups is 1. The number of phosphoric acid groups is 1. The number of nitrogens with two attached hydrogens (primary N) is 1. The van der Waals surface area contributed by atoms with Gasteiger partial charge in [-0.25, -0.2) is 4.57 Å². The lowest BCUT2D eigenvalue weighted by molar-refractivity contribution is -0.123. The molecule has 0 saturated carbocycles. The van der Waals surface area contributed by atoms with E-state index in [1.165, 1.54) is 103 Å². The first-order valence-corrected chi connectivity index (χ1v) is 23.4. The van der Waals surface area contributed by atoms with Crippen molar-refractivity contribution in [3.05, 3.63) is 60.8 Å². The molecule has 0 aliphatic heterocycles. The summed E-state index contributed by atoms with van der Waals surface area (Å²) < 4.78 is 22.1. The Balaban J connectivity index is 4.32. The third kappa shape index (κ3) is 38.5. The zero-order valence-electron chi connectivity index (χ0n) is 34.7. The highest BCUT2D eigenvalue weighted by Gasteiger charge is 2.26. The summed E-state index contributed by atoms with van der Waals surface area (Å²) in [6.07, 6.45) is 51.2. The third-order valence-electron chi connectivity index (χ3n) is 9.29. The van der Waals surface area contributed by atoms with Crippen molar-refractivity contribution in [1.82, 2.24) is 5.32 Å². The molecule has 0 aromatic rings. The van der Waals surface area contributed by atoms with Gasteiger partial charge in [-0.05, 0) is 77.0 Å². The summed E-state index contributed by atoms with van der Waals surface area (Å²) in [5, 5.41) is 13.6. The molecule has 0 fully saturated rings. The largest absolute Gasteiger partial charge is 0.472 e. The van der Waals surface area contributed by atoms with Gasteiger partial charge in [-0.2, -0.15) is 0 Å². The van der Waals surface area contributed by atoms with E-state index in [4.69, 9.17) is 14.8 Å². The van der Waals surface area contributed by atoms with Crippen LogP contribution in [0.3, 0.4) is 0 Å². The maximum Gasteiger partial charge on any atom is 0.472 e. The molecule has 0 aromatic carbocycles. The second-order valence-corrected chi connectivity index (χ2v) is 16.0. The molecule has 0 spiro atoms. The van der Waals surface area contributed by atoms with Crippen LogP contribution < -0.4 is 11.1 Å². The molecule has 1 amide bonds. The van der Waals surface area contributed by atoms with E-state index in [2.05, 4.69) is 67.8 Å². The minimum Gasteiger partial charge on any atom is -0.387 e. The van der Waals surface area contributed by atoms with E-state index in [9.17, 15) is 19.4 Å². The molecule has 8 nitrogen and oxygen atoms in total. The molecule has 0 radical (unpaired) electrons. The zero-order valence-corrected chi connectivity index (χ0v) is 35.6. The van der Waals surface area contributed by atoms with E-state index in [1.807, 2.05) is 6.08 Å². The Kier molecular flexibility index (Phi) is 39.5. The Morgan fingerprint density at radius 3 is 1.56 bits per heavy atom. The first-order chi connectivity index (χ1) is 26.4. The Hall–Kier alpha value is -1.80. The number of phosphoric ester groups is 1. The van der Waals surface area contributed by atoms with Gasteiger partial charge in [0, 0.05) is 13.0 Å². The fourth-order valence-electron chi connectivity index (χ4n) is 5.96. The monoisotopic (exact) mass is 779 g/mol. The number of allylic oxidation sites excluding steroid dienone is 9. The van der Waals surface area contributed by atoms with Gasteiger partial charge in [0.25, 0.3) is 0 Å². The van der Waals surface area contributed by atoms with Crippen LogP contribution in [0.25, 0.3) is 0 Å². The normalized spacial score (nSPS) is 14.7. The maximum atomic E-state index is 12.8. The molecule has 54 heavy (non-hydrogen) atoms. The molecule has 0 heterocycles. The lowest BCUT2D eigenvalue weighted by Crippen LogP contribution is -2.45. The number of carbonyl (C=O) groups excluding carboxylic acids is 1. The van der Waals surface area contributed by atoms with E-state index < -0.39 is 20.0 Å². The molecule has 0 saturated heterocycles. The number of rotatable bonds is 40. The van der Waals surface area contributed by atoms with Gasteiger partial charge >= 0.3 is 7.82 Å². The molecule has 0 aliphatic rings. The van der Waals surface area contributed by atoms with Crippen LogP contribution in [0.5, 0.6) is 0 Å². The number of amides is 1. The molecule has 3 unspecified atom stereocenters. The Bertz CT molecular complexity index is 1030. The summed E-state index contributed by atoms with van der Waals surface area (Å²) >= 11 is 0. The first kappa shape index (κ1) is 52.2. The number of hydrogen-bond acceptors (Lipinski definition) is 6. The molecule has 9 heteroatoms. The van der Waals surface area contributed by atoms with Gasteiger partial charge < -0.3 is 21.1 Å². The molecule has 0 aliphatic carbocycles. The van der Waals surface area contributed by atoms with E-state index in [1.54, 1.807) is 6.08 Å². The van der Waals surface area contributed by atoms with Crippen LogP contribution in [-0.4, -0.2) is 47.8 Å². The number of nitrogens with one attached hydrogen (secondary N) is 1. The van der Waals surface area contributed by atoms with Gasteiger partial charge in [0.1, 0.15) is 0 Å². The summed E-state index contributed by atoms with van der Waals surface area (Å²) in [5.41, 5.74) is 5.37. The van der Waals surface area contributed by atoms with Crippen LogP contribution in [0.15, 0.2) is 60.8 Å². The highest BCUT2D eigenvalue weighted by atomic mass is 31.2. The Labute approximate surface area is 332 Å². The smallest absolute Gasteiger partial charge is 0.387 e. The average Bonchev–Trinajstić information content (AvgIpc) is 3.16. The number of aliphatic hydroxyl groups is 1. The van der Waals surface area contributed by atoms with Crippen molar-refractivity contribution in [2.24, 2.45) is 5.73 Å². The van der Waals surface area contributed by atoms with Crippen LogP contribution >= 0.6 is 7.82 Å². The topological polar surface area (TPSA) is 131 Å². The van der Waals surface area contributed by atoms with Crippen LogP contribution in [0.4, 0.5) is 0 Å². The molecule has 314 valence electrons. The van der Waals surface area contributed by atoms with Gasteiger partial charge in [0.05, 0.1) is 25.4 Å². The summed E-state index contributed by atoms with van der Waals surface area (Å²) in [6.45, 7) is 4.07. The van der Waals surface area contributed by atoms with Crippen LogP contribution in [0, 0.1) is 0 Å². The quantitative estimate of drug-likeness (QED) is 0.0277. The summed E-state index contributed by atoms with van der Waals surface area (Å²) in [5.74, 6) is -0.218. The van der Waals surface area contributed by atoms with Crippen molar-refractivity contribution in [1.29, 1.82) is 0 Å². The predicted molar refractivity (Wildman–Crippen MR) is 230 cm³/mol. The predicted octanol–water partition coefficient (Wildman–Crippen LogP) is 12.3. The minimum absolute atomic E-state index is 0.0681. The minimum atomic E-state index is -4.35. The average molecular weight is 779 g/mol. The summed E-state index contributed by atoms with van der Waals surface area (Å²) in [6, 6.07) is -0.889. The molecule has 0 bridgehead atoms. The number of unbranched alkanes of at least 4 members (excludes halogenated alkanes) is 20. The van der Waals surface area contributed by atoms with E-state index in [0.29, 0.717) is 6.42 Å². The highest BCUT2D eigenvalue weighted by Crippen LogP contribution is 2.43. The maximum absolute atomic E-state index is 12.8. The Morgan fingerprint density at radius 2 is 1.04 bits per heavy atom. The van der Waals surface area contributed by atoms with Crippen molar-refractivity contribution in [2.45, 2.75) is 199 Å². The van der Waals surface area contributed by atoms with Gasteiger partial charge in [-0.3, -0.25) is 13.8 Å². The van der Waals surface area contributed by atoms with E-state index >= 15 is 0 Å². The summed E-state index contributed by atoms with van der Waals surface area (Å²) in [4.78, 5) is 22.7. The van der Waals surface area contributed by atoms with Crippen LogP contribution in [0.2, 0.25) is 0 Å². The standard InChI is InChI=1S/C45H83N2O6P/c1-3-5-7-9-11-13-15-17-19-21-23-25-27-29-31-33-35-37-39-45(49)47-43(42-53-54(50,51)52-41-40-46)44(48)38-36-34-32-30-28-26-24-22-20-18-16-14-12-10-8-6-4-2/h13,15,19-22,28,30,36,38,43-44,48H,3-12,14,16-18,23-27,29,31-35,37,39-42,46H2,1-2H3,(H,47,49)(H,50,51)/b15-13-,21-19-,22-20+,30-28+,38-36+. The van der Waals surface area contributed by atoms with Crippen LogP contribution in [-0.2, 0) is 18.4 Å². The van der Waals surface area contributed by atoms with Crippen molar-refractivity contribution >= 4 is 13.7 Å². The first-order valence-electron chi connectivity index (χ1n) is 21.9. The van der Waals surface area contributed by atoms with E-state index in [-0.39, 0.29) is 25.7 Å². The Morgan fingerprint density at radius 1 is 0.611 bits per heavy atom. The molecule has 0 rings (SSSR count). The van der Waals surface area contributed by atoms with Crippen molar-refractivity contribution in [2.75, 3.05) is 19.8 Å². The molecular weight excluding hydrogens is 695 g/mol. The SMILES string of the molecule is CCCCCC/C=C\C/C=C\CCCCCCCCCC(=O)NC(COP(=O)(O)OCCN)C(O)/C=C/CC/C=C/CC/C=C/CCCCCCCCC. The van der Waals surface area contributed by atoms with Gasteiger partial charge in [0.15, 0.2) is 0 Å². The fourth-order valence-corrected chi connectivity index (χ4v) is 6.72. The molecule has 3 atom stereocenters. The van der Waals surface area contributed by atoms with Crippen LogP contribution in [0.1, 0.15) is 187 Å². The van der Waals surface area contributed by atoms with Gasteiger partial charge in [-0.1, -0.05) is 164 Å². The van der Waals surface area contributed by atoms with Crippen molar-refractivity contribution in [3.8, 4) is 0 Å². The van der Waals surface area contributed by atoms with Gasteiger partial charge in [-0.15, -0.1) is 0 Å².